The summed E-state index contributed by atoms with van der Waals surface area (Å²) < 4.78 is 0. The van der Waals surface area contributed by atoms with Crippen LogP contribution in [0, 0.1) is 22.7 Å². The lowest BCUT2D eigenvalue weighted by Crippen LogP contribution is -2.49. The molecule has 17 heavy (non-hydrogen) atoms. The lowest BCUT2D eigenvalue weighted by molar-refractivity contribution is 0.113. The Hall–Kier alpha value is -0.0400. The average molecular weight is 235 g/mol. The summed E-state index contributed by atoms with van der Waals surface area (Å²) in [7, 11) is 0. The van der Waals surface area contributed by atoms with E-state index >= 15 is 0 Å². The van der Waals surface area contributed by atoms with Gasteiger partial charge in [-0.15, -0.1) is 0 Å². The van der Waals surface area contributed by atoms with E-state index < -0.39 is 0 Å². The standard InChI is InChI=1S/C16H29N/c1-5-13(11-6-7-11)17-14-10-12-8-9-16(14,4)15(12,2)3/h11-14,17H,5-10H2,1-4H3. The van der Waals surface area contributed by atoms with Crippen LogP contribution in [0.15, 0.2) is 0 Å². The lowest BCUT2D eigenvalue weighted by Gasteiger charge is -2.41. The molecule has 0 aromatic rings. The zero-order chi connectivity index (χ0) is 12.3. The molecule has 0 aromatic carbocycles. The first-order valence-corrected chi connectivity index (χ1v) is 7.75. The smallest absolute Gasteiger partial charge is 0.0132 e. The van der Waals surface area contributed by atoms with Gasteiger partial charge >= 0.3 is 0 Å². The molecule has 0 amide bonds. The van der Waals surface area contributed by atoms with Crippen molar-refractivity contribution in [2.75, 3.05) is 0 Å². The molecule has 0 heterocycles. The van der Waals surface area contributed by atoms with Crippen LogP contribution in [-0.4, -0.2) is 12.1 Å². The molecular weight excluding hydrogens is 206 g/mol. The molecule has 0 saturated heterocycles. The Morgan fingerprint density at radius 3 is 2.29 bits per heavy atom. The van der Waals surface area contributed by atoms with Crippen molar-refractivity contribution < 1.29 is 0 Å². The maximum absolute atomic E-state index is 4.06. The number of fused-ring (bicyclic) bond motifs is 2. The molecule has 98 valence electrons. The highest BCUT2D eigenvalue weighted by Gasteiger charge is 2.61. The van der Waals surface area contributed by atoms with E-state index in [4.69, 9.17) is 0 Å². The largest absolute Gasteiger partial charge is 0.310 e. The Kier molecular flexibility index (Phi) is 2.63. The van der Waals surface area contributed by atoms with Gasteiger partial charge in [-0.05, 0) is 61.2 Å². The van der Waals surface area contributed by atoms with Gasteiger partial charge in [0.15, 0.2) is 0 Å². The molecule has 0 aliphatic heterocycles. The third-order valence-corrected chi connectivity index (χ3v) is 6.84. The van der Waals surface area contributed by atoms with Gasteiger partial charge in [0.1, 0.15) is 0 Å². The molecule has 0 radical (unpaired) electrons. The minimum Gasteiger partial charge on any atom is -0.310 e. The Morgan fingerprint density at radius 2 is 1.88 bits per heavy atom. The van der Waals surface area contributed by atoms with Crippen LogP contribution in [0.3, 0.4) is 0 Å². The molecule has 2 bridgehead atoms. The summed E-state index contributed by atoms with van der Waals surface area (Å²) in [6.07, 6.45) is 8.63. The summed E-state index contributed by atoms with van der Waals surface area (Å²) in [6, 6.07) is 1.61. The van der Waals surface area contributed by atoms with E-state index in [0.717, 1.165) is 23.9 Å². The van der Waals surface area contributed by atoms with Gasteiger partial charge in [-0.3, -0.25) is 0 Å². The van der Waals surface area contributed by atoms with Crippen molar-refractivity contribution in [1.29, 1.82) is 0 Å². The van der Waals surface area contributed by atoms with Crippen LogP contribution in [0.25, 0.3) is 0 Å². The summed E-state index contributed by atoms with van der Waals surface area (Å²) in [5, 5.41) is 4.06. The molecule has 3 aliphatic rings. The van der Waals surface area contributed by atoms with E-state index in [1.807, 2.05) is 0 Å². The molecule has 1 N–H and O–H groups in total. The van der Waals surface area contributed by atoms with E-state index in [9.17, 15) is 0 Å². The van der Waals surface area contributed by atoms with Gasteiger partial charge in [-0.2, -0.15) is 0 Å². The number of hydrogen-bond acceptors (Lipinski definition) is 1. The SMILES string of the molecule is CCC(NC1CC2CCC1(C)C2(C)C)C1CC1. The first-order valence-electron chi connectivity index (χ1n) is 7.75. The summed E-state index contributed by atoms with van der Waals surface area (Å²) in [4.78, 5) is 0. The maximum atomic E-state index is 4.06. The van der Waals surface area contributed by atoms with Crippen LogP contribution in [0.1, 0.15) is 66.2 Å². The Balaban J connectivity index is 1.73. The van der Waals surface area contributed by atoms with Crippen molar-refractivity contribution in [3.05, 3.63) is 0 Å². The average Bonchev–Trinajstić information content (AvgIpc) is 3.06. The van der Waals surface area contributed by atoms with E-state index in [-0.39, 0.29) is 0 Å². The highest BCUT2D eigenvalue weighted by molar-refractivity contribution is 5.13. The van der Waals surface area contributed by atoms with Crippen LogP contribution >= 0.6 is 0 Å². The van der Waals surface area contributed by atoms with E-state index in [1.54, 1.807) is 0 Å². The normalized spacial score (nSPS) is 45.2. The predicted octanol–water partition coefficient (Wildman–Crippen LogP) is 3.98. The molecular formula is C16H29N. The van der Waals surface area contributed by atoms with Gasteiger partial charge in [0, 0.05) is 12.1 Å². The molecule has 1 nitrogen and oxygen atoms in total. The van der Waals surface area contributed by atoms with Crippen molar-refractivity contribution in [3.63, 3.8) is 0 Å². The fraction of sp³-hybridized carbons (Fsp3) is 1.00. The van der Waals surface area contributed by atoms with E-state index in [1.165, 1.54) is 38.5 Å². The number of rotatable bonds is 4. The predicted molar refractivity (Wildman–Crippen MR) is 73.0 cm³/mol. The Labute approximate surface area is 107 Å². The molecule has 3 saturated carbocycles. The van der Waals surface area contributed by atoms with Gasteiger partial charge in [-0.25, -0.2) is 0 Å². The van der Waals surface area contributed by atoms with Crippen molar-refractivity contribution in [2.45, 2.75) is 78.3 Å². The number of nitrogens with one attached hydrogen (secondary N) is 1. The highest BCUT2D eigenvalue weighted by atomic mass is 15.0. The minimum absolute atomic E-state index is 0.556. The zero-order valence-corrected chi connectivity index (χ0v) is 12.1. The summed E-state index contributed by atoms with van der Waals surface area (Å²) in [5.41, 5.74) is 1.12. The first kappa shape index (κ1) is 12.0. The van der Waals surface area contributed by atoms with Gasteiger partial charge in [0.2, 0.25) is 0 Å². The first-order chi connectivity index (χ1) is 7.99. The number of hydrogen-bond donors (Lipinski definition) is 1. The quantitative estimate of drug-likeness (QED) is 0.777. The monoisotopic (exact) mass is 235 g/mol. The van der Waals surface area contributed by atoms with Crippen molar-refractivity contribution in [2.24, 2.45) is 22.7 Å². The summed E-state index contributed by atoms with van der Waals surface area (Å²) in [5.74, 6) is 1.98. The van der Waals surface area contributed by atoms with E-state index in [2.05, 4.69) is 33.0 Å². The molecule has 0 spiro atoms. The minimum atomic E-state index is 0.556. The van der Waals surface area contributed by atoms with Gasteiger partial charge < -0.3 is 5.32 Å². The Bertz CT molecular complexity index is 305. The summed E-state index contributed by atoms with van der Waals surface area (Å²) in [6.45, 7) is 9.95. The topological polar surface area (TPSA) is 12.0 Å². The Morgan fingerprint density at radius 1 is 1.18 bits per heavy atom. The van der Waals surface area contributed by atoms with Crippen LogP contribution in [0.5, 0.6) is 0 Å². The molecule has 3 aliphatic carbocycles. The second kappa shape index (κ2) is 3.73. The third-order valence-electron chi connectivity index (χ3n) is 6.84. The summed E-state index contributed by atoms with van der Waals surface area (Å²) >= 11 is 0. The van der Waals surface area contributed by atoms with E-state index in [0.29, 0.717) is 10.8 Å². The fourth-order valence-corrected chi connectivity index (χ4v) is 4.80. The van der Waals surface area contributed by atoms with Gasteiger partial charge in [0.25, 0.3) is 0 Å². The maximum Gasteiger partial charge on any atom is 0.0132 e. The van der Waals surface area contributed by atoms with Crippen LogP contribution in [0.2, 0.25) is 0 Å². The second-order valence-electron chi connectivity index (χ2n) is 7.68. The molecule has 3 fully saturated rings. The molecule has 4 atom stereocenters. The molecule has 3 rings (SSSR count). The lowest BCUT2D eigenvalue weighted by atomic mass is 9.69. The molecule has 0 aromatic heterocycles. The highest BCUT2D eigenvalue weighted by Crippen LogP contribution is 2.65. The van der Waals surface area contributed by atoms with Crippen molar-refractivity contribution in [3.8, 4) is 0 Å². The molecule has 1 heteroatoms. The third kappa shape index (κ3) is 1.61. The van der Waals surface area contributed by atoms with Crippen molar-refractivity contribution in [1.82, 2.24) is 5.32 Å². The van der Waals surface area contributed by atoms with Crippen LogP contribution < -0.4 is 5.32 Å². The van der Waals surface area contributed by atoms with Gasteiger partial charge in [0.05, 0.1) is 0 Å². The van der Waals surface area contributed by atoms with Crippen LogP contribution in [-0.2, 0) is 0 Å². The zero-order valence-electron chi connectivity index (χ0n) is 12.1. The molecule has 4 unspecified atom stereocenters. The van der Waals surface area contributed by atoms with Crippen LogP contribution in [0.4, 0.5) is 0 Å². The van der Waals surface area contributed by atoms with Crippen molar-refractivity contribution >= 4 is 0 Å². The fourth-order valence-electron chi connectivity index (χ4n) is 4.80. The van der Waals surface area contributed by atoms with Gasteiger partial charge in [-0.1, -0.05) is 27.7 Å². The second-order valence-corrected chi connectivity index (χ2v) is 7.68.